The maximum atomic E-state index is 12.1. The third kappa shape index (κ3) is 2.30. The van der Waals surface area contributed by atoms with Gasteiger partial charge in [0.2, 0.25) is 5.91 Å². The Labute approximate surface area is 139 Å². The summed E-state index contributed by atoms with van der Waals surface area (Å²) in [7, 11) is 0. The van der Waals surface area contributed by atoms with E-state index >= 15 is 0 Å². The molecule has 0 aliphatic carbocycles. The summed E-state index contributed by atoms with van der Waals surface area (Å²) in [6.45, 7) is 2.04. The van der Waals surface area contributed by atoms with Crippen LogP contribution in [0.5, 0.6) is 5.75 Å². The molecule has 2 aliphatic rings. The summed E-state index contributed by atoms with van der Waals surface area (Å²) in [5.41, 5.74) is 2.80. The van der Waals surface area contributed by atoms with E-state index in [2.05, 4.69) is 5.10 Å². The van der Waals surface area contributed by atoms with Crippen molar-refractivity contribution in [1.29, 1.82) is 0 Å². The van der Waals surface area contributed by atoms with E-state index in [1.807, 2.05) is 42.5 Å². The lowest BCUT2D eigenvalue weighted by molar-refractivity contribution is -0.131. The highest BCUT2D eigenvalue weighted by atomic mass is 35.5. The number of nitrogens with zero attached hydrogens (tertiary/aromatic N) is 2. The Morgan fingerprint density at radius 3 is 2.78 bits per heavy atom. The lowest BCUT2D eigenvalue weighted by Gasteiger charge is -2.29. The van der Waals surface area contributed by atoms with Gasteiger partial charge in [0.05, 0.1) is 24.3 Å². The minimum Gasteiger partial charge on any atom is -0.492 e. The minimum atomic E-state index is -0.143. The predicted octanol–water partition coefficient (Wildman–Crippen LogP) is 3.66. The van der Waals surface area contributed by atoms with E-state index in [4.69, 9.17) is 16.3 Å². The van der Waals surface area contributed by atoms with Crippen molar-refractivity contribution in [2.75, 3.05) is 6.61 Å². The van der Waals surface area contributed by atoms with Crippen LogP contribution in [0.15, 0.2) is 53.6 Å². The van der Waals surface area contributed by atoms with E-state index in [1.54, 1.807) is 11.1 Å². The maximum absolute atomic E-state index is 12.1. The number of fused-ring (bicyclic) bond motifs is 3. The van der Waals surface area contributed by atoms with Gasteiger partial charge < -0.3 is 4.74 Å². The smallest absolute Gasteiger partial charge is 0.240 e. The molecule has 0 saturated carbocycles. The fourth-order valence-corrected chi connectivity index (χ4v) is 3.47. The molecule has 4 nitrogen and oxygen atoms in total. The van der Waals surface area contributed by atoms with E-state index < -0.39 is 0 Å². The number of carbonyl (C=O) groups is 1. The van der Waals surface area contributed by atoms with Crippen LogP contribution in [-0.4, -0.2) is 23.2 Å². The standard InChI is InChI=1S/C18H15ClN2O2/c1-11(22)21-18(12-5-3-2-4-6-12)15-10-23-16-8-7-13(19)9-14(16)17(15)20-21/h2-9,15,18H,10H2,1H3/t15-,18?/m1/s1. The van der Waals surface area contributed by atoms with E-state index in [-0.39, 0.29) is 17.9 Å². The zero-order valence-electron chi connectivity index (χ0n) is 12.6. The molecule has 1 unspecified atom stereocenters. The van der Waals surface area contributed by atoms with E-state index in [9.17, 15) is 4.79 Å². The van der Waals surface area contributed by atoms with Crippen molar-refractivity contribution < 1.29 is 9.53 Å². The lowest BCUT2D eigenvalue weighted by atomic mass is 9.86. The molecular weight excluding hydrogens is 312 g/mol. The van der Waals surface area contributed by atoms with Crippen LogP contribution in [0.2, 0.25) is 5.02 Å². The number of amides is 1. The Morgan fingerprint density at radius 1 is 1.26 bits per heavy atom. The summed E-state index contributed by atoms with van der Waals surface area (Å²) in [4.78, 5) is 12.1. The van der Waals surface area contributed by atoms with Crippen molar-refractivity contribution >= 4 is 23.2 Å². The third-order valence-corrected chi connectivity index (χ3v) is 4.55. The quantitative estimate of drug-likeness (QED) is 0.802. The average Bonchev–Trinajstić information content (AvgIpc) is 2.96. The summed E-state index contributed by atoms with van der Waals surface area (Å²) in [5.74, 6) is 0.693. The summed E-state index contributed by atoms with van der Waals surface area (Å²) in [6, 6.07) is 15.3. The first-order valence-corrected chi connectivity index (χ1v) is 7.89. The van der Waals surface area contributed by atoms with Crippen LogP contribution in [0.25, 0.3) is 0 Å². The van der Waals surface area contributed by atoms with Crippen LogP contribution in [0.1, 0.15) is 24.1 Å². The second-order valence-electron chi connectivity index (χ2n) is 5.76. The number of carbonyl (C=O) groups excluding carboxylic acids is 1. The molecule has 0 saturated heterocycles. The number of rotatable bonds is 1. The molecule has 2 aromatic rings. The van der Waals surface area contributed by atoms with Crippen molar-refractivity contribution in [3.05, 3.63) is 64.7 Å². The van der Waals surface area contributed by atoms with Crippen LogP contribution in [0.3, 0.4) is 0 Å². The number of hydrogen-bond donors (Lipinski definition) is 0. The molecule has 0 N–H and O–H groups in total. The Bertz CT molecular complexity index is 804. The van der Waals surface area contributed by atoms with E-state index in [0.29, 0.717) is 11.6 Å². The van der Waals surface area contributed by atoms with Gasteiger partial charge in [-0.05, 0) is 23.8 Å². The largest absolute Gasteiger partial charge is 0.492 e. The summed E-state index contributed by atoms with van der Waals surface area (Å²) in [5, 5.41) is 6.81. The third-order valence-electron chi connectivity index (χ3n) is 4.31. The molecule has 0 spiro atoms. The molecular formula is C18H15ClN2O2. The zero-order valence-corrected chi connectivity index (χ0v) is 13.3. The van der Waals surface area contributed by atoms with Gasteiger partial charge in [0, 0.05) is 17.5 Å². The SMILES string of the molecule is CC(=O)N1N=C2c3cc(Cl)ccc3OC[C@H]2C1c1ccccc1. The first kappa shape index (κ1) is 14.3. The first-order chi connectivity index (χ1) is 11.1. The molecule has 0 fully saturated rings. The highest BCUT2D eigenvalue weighted by Gasteiger charge is 2.44. The lowest BCUT2D eigenvalue weighted by Crippen LogP contribution is -2.34. The summed E-state index contributed by atoms with van der Waals surface area (Å²) >= 11 is 6.13. The molecule has 2 atom stereocenters. The van der Waals surface area contributed by atoms with Crippen LogP contribution in [-0.2, 0) is 4.79 Å². The summed E-state index contributed by atoms with van der Waals surface area (Å²) < 4.78 is 5.89. The Morgan fingerprint density at radius 2 is 2.04 bits per heavy atom. The Balaban J connectivity index is 1.83. The van der Waals surface area contributed by atoms with Crippen molar-refractivity contribution in [3.8, 4) is 5.75 Å². The van der Waals surface area contributed by atoms with Crippen molar-refractivity contribution in [2.24, 2.45) is 11.0 Å². The van der Waals surface area contributed by atoms with Crippen LogP contribution < -0.4 is 4.74 Å². The van der Waals surface area contributed by atoms with Gasteiger partial charge in [-0.1, -0.05) is 41.9 Å². The van der Waals surface area contributed by atoms with Gasteiger partial charge in [-0.3, -0.25) is 4.79 Å². The van der Waals surface area contributed by atoms with Gasteiger partial charge in [0.1, 0.15) is 5.75 Å². The predicted molar refractivity (Wildman–Crippen MR) is 88.7 cm³/mol. The van der Waals surface area contributed by atoms with E-state index in [0.717, 1.165) is 22.6 Å². The average molecular weight is 327 g/mol. The highest BCUT2D eigenvalue weighted by molar-refractivity contribution is 6.31. The van der Waals surface area contributed by atoms with Crippen molar-refractivity contribution in [2.45, 2.75) is 13.0 Å². The molecule has 4 rings (SSSR count). The summed E-state index contributed by atoms with van der Waals surface area (Å²) in [6.07, 6.45) is 0. The monoisotopic (exact) mass is 326 g/mol. The molecule has 2 aromatic carbocycles. The molecule has 2 aliphatic heterocycles. The van der Waals surface area contributed by atoms with Gasteiger partial charge in [-0.2, -0.15) is 5.10 Å². The molecule has 5 heteroatoms. The second-order valence-corrected chi connectivity index (χ2v) is 6.20. The van der Waals surface area contributed by atoms with Crippen molar-refractivity contribution in [3.63, 3.8) is 0 Å². The zero-order chi connectivity index (χ0) is 16.0. The van der Waals surface area contributed by atoms with Gasteiger partial charge >= 0.3 is 0 Å². The molecule has 2 heterocycles. The molecule has 0 aromatic heterocycles. The van der Waals surface area contributed by atoms with Gasteiger partial charge in [0.15, 0.2) is 0 Å². The molecule has 0 radical (unpaired) electrons. The normalized spacial score (nSPS) is 22.0. The number of ether oxygens (including phenoxy) is 1. The first-order valence-electron chi connectivity index (χ1n) is 7.51. The van der Waals surface area contributed by atoms with Gasteiger partial charge in [-0.15, -0.1) is 0 Å². The number of benzene rings is 2. The number of halogens is 1. The maximum Gasteiger partial charge on any atom is 0.240 e. The number of hydrogen-bond acceptors (Lipinski definition) is 3. The second kappa shape index (κ2) is 5.39. The van der Waals surface area contributed by atoms with Crippen LogP contribution in [0.4, 0.5) is 0 Å². The highest BCUT2D eigenvalue weighted by Crippen LogP contribution is 2.42. The fraction of sp³-hybridized carbons (Fsp3) is 0.222. The van der Waals surface area contributed by atoms with Gasteiger partial charge in [-0.25, -0.2) is 5.01 Å². The van der Waals surface area contributed by atoms with Crippen LogP contribution in [0, 0.1) is 5.92 Å². The Hall–Kier alpha value is -2.33. The van der Waals surface area contributed by atoms with Gasteiger partial charge in [0.25, 0.3) is 0 Å². The topological polar surface area (TPSA) is 41.9 Å². The fourth-order valence-electron chi connectivity index (χ4n) is 3.29. The number of hydrazone groups is 1. The Kier molecular flexibility index (Phi) is 3.34. The minimum absolute atomic E-state index is 0.00673. The van der Waals surface area contributed by atoms with Crippen LogP contribution >= 0.6 is 11.6 Å². The molecule has 23 heavy (non-hydrogen) atoms. The molecule has 1 amide bonds. The molecule has 0 bridgehead atoms. The molecule has 116 valence electrons. The van der Waals surface area contributed by atoms with Crippen molar-refractivity contribution in [1.82, 2.24) is 5.01 Å². The van der Waals surface area contributed by atoms with E-state index in [1.165, 1.54) is 6.92 Å².